The van der Waals surface area contributed by atoms with Gasteiger partial charge in [0.05, 0.1) is 29.1 Å². The minimum absolute atomic E-state index is 0.300. The molecule has 1 aromatic heterocycles. The summed E-state index contributed by atoms with van der Waals surface area (Å²) < 4.78 is 7.09. The third kappa shape index (κ3) is 3.17. The Morgan fingerprint density at radius 2 is 1.91 bits per heavy atom. The maximum absolute atomic E-state index is 12.3. The van der Waals surface area contributed by atoms with Crippen LogP contribution >= 0.6 is 11.6 Å². The lowest BCUT2D eigenvalue weighted by molar-refractivity contribution is 0.102. The Balaban J connectivity index is 1.88. The Morgan fingerprint density at radius 3 is 2.61 bits per heavy atom. The molecule has 3 aromatic rings. The number of anilines is 1. The van der Waals surface area contributed by atoms with Gasteiger partial charge in [0.25, 0.3) is 5.91 Å². The molecule has 23 heavy (non-hydrogen) atoms. The van der Waals surface area contributed by atoms with E-state index in [2.05, 4.69) is 15.5 Å². The fourth-order valence-electron chi connectivity index (χ4n) is 2.11. The molecule has 0 spiro atoms. The van der Waals surface area contributed by atoms with Crippen molar-refractivity contribution in [3.05, 3.63) is 65.7 Å². The lowest BCUT2D eigenvalue weighted by atomic mass is 10.2. The van der Waals surface area contributed by atoms with Gasteiger partial charge in [-0.2, -0.15) is 0 Å². The third-order valence-electron chi connectivity index (χ3n) is 3.27. The van der Waals surface area contributed by atoms with Crippen LogP contribution in [0.15, 0.2) is 55.1 Å². The number of hydrogen-bond donors (Lipinski definition) is 1. The van der Waals surface area contributed by atoms with Gasteiger partial charge in [-0.25, -0.2) is 0 Å². The highest BCUT2D eigenvalue weighted by molar-refractivity contribution is 6.34. The lowest BCUT2D eigenvalue weighted by Crippen LogP contribution is -2.13. The van der Waals surface area contributed by atoms with Crippen molar-refractivity contribution in [2.75, 3.05) is 12.4 Å². The molecular weight excluding hydrogens is 316 g/mol. The van der Waals surface area contributed by atoms with Crippen LogP contribution in [0.5, 0.6) is 5.75 Å². The first kappa shape index (κ1) is 15.1. The van der Waals surface area contributed by atoms with Gasteiger partial charge in [-0.15, -0.1) is 10.2 Å². The minimum Gasteiger partial charge on any atom is -0.494 e. The molecule has 2 aromatic carbocycles. The minimum atomic E-state index is -0.300. The van der Waals surface area contributed by atoms with E-state index >= 15 is 0 Å². The van der Waals surface area contributed by atoms with Gasteiger partial charge >= 0.3 is 0 Å². The zero-order valence-electron chi connectivity index (χ0n) is 12.2. The third-order valence-corrected chi connectivity index (χ3v) is 3.60. The second kappa shape index (κ2) is 6.50. The van der Waals surface area contributed by atoms with Gasteiger partial charge in [0.1, 0.15) is 18.4 Å². The number of methoxy groups -OCH3 is 1. The maximum atomic E-state index is 12.3. The average molecular weight is 329 g/mol. The molecule has 0 aliphatic carbocycles. The molecule has 0 aliphatic heterocycles. The fourth-order valence-corrected chi connectivity index (χ4v) is 2.33. The van der Waals surface area contributed by atoms with Crippen LogP contribution in [0.3, 0.4) is 0 Å². The van der Waals surface area contributed by atoms with Gasteiger partial charge in [0.2, 0.25) is 0 Å². The van der Waals surface area contributed by atoms with Crippen LogP contribution in [-0.2, 0) is 0 Å². The molecule has 0 saturated heterocycles. The molecular formula is C16H13ClN4O2. The van der Waals surface area contributed by atoms with Crippen LogP contribution in [0.1, 0.15) is 10.4 Å². The van der Waals surface area contributed by atoms with Gasteiger partial charge < -0.3 is 10.1 Å². The van der Waals surface area contributed by atoms with Crippen LogP contribution in [0.4, 0.5) is 5.69 Å². The monoisotopic (exact) mass is 328 g/mol. The van der Waals surface area contributed by atoms with Crippen LogP contribution in [-0.4, -0.2) is 27.8 Å². The van der Waals surface area contributed by atoms with Crippen LogP contribution in [0.25, 0.3) is 5.69 Å². The largest absolute Gasteiger partial charge is 0.494 e. The van der Waals surface area contributed by atoms with E-state index in [1.165, 1.54) is 7.11 Å². The molecule has 0 aliphatic rings. The Kier molecular flexibility index (Phi) is 4.25. The van der Waals surface area contributed by atoms with Crippen molar-refractivity contribution in [1.82, 2.24) is 14.8 Å². The van der Waals surface area contributed by atoms with Crippen molar-refractivity contribution < 1.29 is 9.53 Å². The maximum Gasteiger partial charge on any atom is 0.257 e. The quantitative estimate of drug-likeness (QED) is 0.798. The number of nitrogens with zero attached hydrogens (tertiary/aromatic N) is 3. The molecule has 1 heterocycles. The van der Waals surface area contributed by atoms with Crippen molar-refractivity contribution in [2.45, 2.75) is 0 Å². The number of nitrogens with one attached hydrogen (secondary N) is 1. The Labute approximate surface area is 137 Å². The van der Waals surface area contributed by atoms with Crippen molar-refractivity contribution in [3.8, 4) is 11.4 Å². The molecule has 6 nitrogen and oxygen atoms in total. The zero-order valence-corrected chi connectivity index (χ0v) is 13.0. The number of amides is 1. The van der Waals surface area contributed by atoms with Crippen LogP contribution < -0.4 is 10.1 Å². The number of benzene rings is 2. The smallest absolute Gasteiger partial charge is 0.257 e. The summed E-state index contributed by atoms with van der Waals surface area (Å²) in [5, 5.41) is 10.7. The van der Waals surface area contributed by atoms with E-state index in [0.717, 1.165) is 5.69 Å². The van der Waals surface area contributed by atoms with E-state index in [4.69, 9.17) is 16.3 Å². The molecule has 1 amide bonds. The predicted octanol–water partition coefficient (Wildman–Crippen LogP) is 3.18. The first-order chi connectivity index (χ1) is 11.2. The number of rotatable bonds is 4. The lowest BCUT2D eigenvalue weighted by Gasteiger charge is -2.12. The number of ether oxygens (including phenoxy) is 1. The SMILES string of the molecule is COc1cc(-n2cnnc2)ccc1NC(=O)c1ccccc1Cl. The van der Waals surface area contributed by atoms with E-state index in [1.807, 2.05) is 6.07 Å². The number of aromatic nitrogens is 3. The number of carbonyl (C=O) groups excluding carboxylic acids is 1. The fraction of sp³-hybridized carbons (Fsp3) is 0.0625. The summed E-state index contributed by atoms with van der Waals surface area (Å²) in [6, 6.07) is 12.2. The van der Waals surface area contributed by atoms with E-state index in [-0.39, 0.29) is 5.91 Å². The molecule has 3 rings (SSSR count). The number of carbonyl (C=O) groups is 1. The molecule has 116 valence electrons. The Morgan fingerprint density at radius 1 is 1.17 bits per heavy atom. The second-order valence-corrected chi connectivity index (χ2v) is 5.09. The molecule has 0 fully saturated rings. The second-order valence-electron chi connectivity index (χ2n) is 4.69. The zero-order chi connectivity index (χ0) is 16.2. The first-order valence-corrected chi connectivity index (χ1v) is 7.16. The predicted molar refractivity (Wildman–Crippen MR) is 87.3 cm³/mol. The number of hydrogen-bond acceptors (Lipinski definition) is 4. The Hall–Kier alpha value is -2.86. The van der Waals surface area contributed by atoms with Crippen molar-refractivity contribution in [1.29, 1.82) is 0 Å². The van der Waals surface area contributed by atoms with Crippen molar-refractivity contribution >= 4 is 23.2 Å². The summed E-state index contributed by atoms with van der Waals surface area (Å²) in [5.74, 6) is 0.225. The molecule has 0 atom stereocenters. The first-order valence-electron chi connectivity index (χ1n) is 6.78. The normalized spacial score (nSPS) is 10.3. The standard InChI is InChI=1S/C16H13ClN4O2/c1-23-15-8-11(21-9-18-19-10-21)6-7-14(15)20-16(22)12-4-2-3-5-13(12)17/h2-10H,1H3,(H,20,22). The Bertz CT molecular complexity index is 834. The summed E-state index contributed by atoms with van der Waals surface area (Å²) in [7, 11) is 1.54. The number of halogens is 1. The van der Waals surface area contributed by atoms with Gasteiger partial charge in [-0.05, 0) is 24.3 Å². The summed E-state index contributed by atoms with van der Waals surface area (Å²) in [5.41, 5.74) is 1.77. The molecule has 0 bridgehead atoms. The van der Waals surface area contributed by atoms with E-state index < -0.39 is 0 Å². The van der Waals surface area contributed by atoms with Crippen molar-refractivity contribution in [2.24, 2.45) is 0 Å². The van der Waals surface area contributed by atoms with Crippen LogP contribution in [0, 0.1) is 0 Å². The molecule has 0 radical (unpaired) electrons. The van der Waals surface area contributed by atoms with Gasteiger partial charge in [-0.1, -0.05) is 23.7 Å². The van der Waals surface area contributed by atoms with E-state index in [1.54, 1.807) is 53.6 Å². The summed E-state index contributed by atoms with van der Waals surface area (Å²) in [6.45, 7) is 0. The molecule has 7 heteroatoms. The van der Waals surface area contributed by atoms with Gasteiger partial charge in [0, 0.05) is 6.07 Å². The highest BCUT2D eigenvalue weighted by Crippen LogP contribution is 2.28. The molecule has 0 saturated carbocycles. The summed E-state index contributed by atoms with van der Waals surface area (Å²) in [4.78, 5) is 12.3. The molecule has 0 unspecified atom stereocenters. The van der Waals surface area contributed by atoms with Crippen molar-refractivity contribution in [3.63, 3.8) is 0 Å². The summed E-state index contributed by atoms with van der Waals surface area (Å²) >= 11 is 6.04. The molecule has 1 N–H and O–H groups in total. The highest BCUT2D eigenvalue weighted by Gasteiger charge is 2.13. The van der Waals surface area contributed by atoms with Crippen LogP contribution in [0.2, 0.25) is 5.02 Å². The van der Waals surface area contributed by atoms with E-state index in [0.29, 0.717) is 22.0 Å². The topological polar surface area (TPSA) is 69.0 Å². The van der Waals surface area contributed by atoms with Gasteiger partial charge in [0.15, 0.2) is 0 Å². The highest BCUT2D eigenvalue weighted by atomic mass is 35.5. The summed E-state index contributed by atoms with van der Waals surface area (Å²) in [6.07, 6.45) is 3.16. The average Bonchev–Trinajstić information content (AvgIpc) is 3.10. The van der Waals surface area contributed by atoms with Gasteiger partial charge in [-0.3, -0.25) is 9.36 Å². The van der Waals surface area contributed by atoms with E-state index in [9.17, 15) is 4.79 Å².